The largest absolute Gasteiger partial charge is 0.494 e. The molecule has 3 aliphatic rings. The number of fused-ring (bicyclic) bond motifs is 1. The molecule has 2 heterocycles. The smallest absolute Gasteiger partial charge is 0.259 e. The summed E-state index contributed by atoms with van der Waals surface area (Å²) in [5, 5.41) is 7.13. The minimum Gasteiger partial charge on any atom is -0.494 e. The molecule has 0 spiro atoms. The first-order valence-corrected chi connectivity index (χ1v) is 19.2. The van der Waals surface area contributed by atoms with E-state index in [0.717, 1.165) is 0 Å². The Labute approximate surface area is 312 Å². The summed E-state index contributed by atoms with van der Waals surface area (Å²) in [6.07, 6.45) is 3.35. The van der Waals surface area contributed by atoms with Gasteiger partial charge in [-0.3, -0.25) is 23.9 Å². The summed E-state index contributed by atoms with van der Waals surface area (Å²) in [6.45, 7) is 9.36. The van der Waals surface area contributed by atoms with E-state index >= 15 is 0 Å². The summed E-state index contributed by atoms with van der Waals surface area (Å²) in [4.78, 5) is 60.0. The van der Waals surface area contributed by atoms with Crippen LogP contribution in [0.5, 0.6) is 11.6 Å². The maximum absolute atomic E-state index is 14.7. The van der Waals surface area contributed by atoms with Gasteiger partial charge in [0.25, 0.3) is 5.91 Å². The molecule has 3 aromatic rings. The molecule has 1 aromatic heterocycles. The molecule has 5 atom stereocenters. The molecule has 1 aliphatic heterocycles. The quantitative estimate of drug-likeness (QED) is 0.187. The number of pyridine rings is 1. The third-order valence-corrected chi connectivity index (χ3v) is 12.0. The standard InChI is InChI=1S/C37H43ClN6O8S/c1-6-21-17-37(21,35(48)43-53(49,50)25-12-13-25)42-32(46)28-16-24(52-33-27-15-22(38)9-14-26(27)29(51-5)18-40-33)19-44(28)34(47)30(36(2,3)4)41-23-10-7-20(8-11-23)31(39)45/h6-11,14-15,18,21,24-25,28,30,41H,1,12-13,16-17,19H2,2-5H3,(H2,39,45)(H,42,46)(H,43,48)/t21-,24-,28+,30+,37-/m1/s1. The van der Waals surface area contributed by atoms with E-state index in [-0.39, 0.29) is 25.3 Å². The van der Waals surface area contributed by atoms with Gasteiger partial charge in [-0.15, -0.1) is 6.58 Å². The molecule has 0 bridgehead atoms. The number of hydrogen-bond acceptors (Lipinski definition) is 10. The number of benzene rings is 2. The number of carbonyl (C=O) groups is 4. The number of nitrogens with two attached hydrogens (primary N) is 1. The predicted octanol–water partition coefficient (Wildman–Crippen LogP) is 3.54. The van der Waals surface area contributed by atoms with Crippen LogP contribution in [0.25, 0.3) is 10.8 Å². The van der Waals surface area contributed by atoms with E-state index in [1.54, 1.807) is 42.5 Å². The Kier molecular flexibility index (Phi) is 10.1. The molecular formula is C37H43ClN6O8S. The Morgan fingerprint density at radius 3 is 2.40 bits per heavy atom. The number of hydrogen-bond donors (Lipinski definition) is 4. The van der Waals surface area contributed by atoms with E-state index in [4.69, 9.17) is 26.8 Å². The normalized spacial score (nSPS) is 23.1. The second-order valence-corrected chi connectivity index (χ2v) is 17.3. The van der Waals surface area contributed by atoms with Gasteiger partial charge >= 0.3 is 0 Å². The van der Waals surface area contributed by atoms with Crippen LogP contribution in [0.1, 0.15) is 56.8 Å². The van der Waals surface area contributed by atoms with Crippen molar-refractivity contribution in [2.75, 3.05) is 19.0 Å². The highest BCUT2D eigenvalue weighted by molar-refractivity contribution is 7.91. The lowest BCUT2D eigenvalue weighted by Crippen LogP contribution is -2.58. The number of likely N-dealkylation sites (tertiary alicyclic amines) is 1. The van der Waals surface area contributed by atoms with Crippen LogP contribution in [0, 0.1) is 11.3 Å². The minimum atomic E-state index is -3.90. The van der Waals surface area contributed by atoms with Crippen LogP contribution < -0.4 is 30.6 Å². The predicted molar refractivity (Wildman–Crippen MR) is 199 cm³/mol. The monoisotopic (exact) mass is 766 g/mol. The lowest BCUT2D eigenvalue weighted by molar-refractivity contribution is -0.141. The Bertz CT molecular complexity index is 2080. The summed E-state index contributed by atoms with van der Waals surface area (Å²) in [6, 6.07) is 9.54. The molecule has 2 aromatic carbocycles. The molecule has 2 saturated carbocycles. The molecule has 0 radical (unpaired) electrons. The number of anilines is 1. The fourth-order valence-corrected chi connectivity index (χ4v) is 8.22. The van der Waals surface area contributed by atoms with E-state index < -0.39 is 74.0 Å². The van der Waals surface area contributed by atoms with Crippen LogP contribution in [0.15, 0.2) is 61.3 Å². The molecule has 0 unspecified atom stereocenters. The Morgan fingerprint density at radius 2 is 1.81 bits per heavy atom. The number of halogens is 1. The third-order valence-electron chi connectivity index (χ3n) is 9.97. The van der Waals surface area contributed by atoms with Gasteiger partial charge in [0.15, 0.2) is 0 Å². The maximum Gasteiger partial charge on any atom is 0.259 e. The first kappa shape index (κ1) is 37.9. The summed E-state index contributed by atoms with van der Waals surface area (Å²) in [5.74, 6) is -2.32. The number of aromatic nitrogens is 1. The molecule has 5 N–H and O–H groups in total. The number of rotatable bonds is 13. The van der Waals surface area contributed by atoms with Gasteiger partial charge in [-0.1, -0.05) is 38.4 Å². The number of primary amides is 1. The fraction of sp³-hybridized carbons (Fsp3) is 0.432. The zero-order valence-electron chi connectivity index (χ0n) is 29.8. The SMILES string of the molecule is C=C[C@@H]1C[C@]1(NC(=O)[C@@H]1C[C@@H](Oc2ncc(OC)c3ccc(Cl)cc23)CN1C(=O)[C@H](Nc1ccc(C(N)=O)cc1)C(C)(C)C)C(=O)NS(=O)(=O)C1CC1. The number of nitrogens with one attached hydrogen (secondary N) is 3. The van der Waals surface area contributed by atoms with Crippen LogP contribution >= 0.6 is 11.6 Å². The molecule has 1 saturated heterocycles. The number of sulfonamides is 1. The van der Waals surface area contributed by atoms with Gasteiger partial charge in [-0.2, -0.15) is 0 Å². The highest BCUT2D eigenvalue weighted by atomic mass is 35.5. The zero-order valence-corrected chi connectivity index (χ0v) is 31.4. The van der Waals surface area contributed by atoms with Crippen molar-refractivity contribution >= 4 is 61.7 Å². The Hall–Kier alpha value is -4.89. The minimum absolute atomic E-state index is 0.0222. The van der Waals surface area contributed by atoms with Crippen molar-refractivity contribution in [3.63, 3.8) is 0 Å². The Morgan fingerprint density at radius 1 is 1.11 bits per heavy atom. The molecule has 3 fully saturated rings. The number of carbonyl (C=O) groups excluding carboxylic acids is 4. The summed E-state index contributed by atoms with van der Waals surface area (Å²) in [5.41, 5.74) is 4.01. The topological polar surface area (TPSA) is 199 Å². The van der Waals surface area contributed by atoms with E-state index in [2.05, 4.69) is 26.9 Å². The second kappa shape index (κ2) is 14.2. The van der Waals surface area contributed by atoms with Crippen LogP contribution in [-0.4, -0.2) is 84.6 Å². The van der Waals surface area contributed by atoms with Gasteiger partial charge in [-0.05, 0) is 67.1 Å². The van der Waals surface area contributed by atoms with Gasteiger partial charge < -0.3 is 30.7 Å². The average Bonchev–Trinajstić information content (AvgIpc) is 4.03. The van der Waals surface area contributed by atoms with Gasteiger partial charge in [-0.25, -0.2) is 13.4 Å². The molecule has 4 amide bonds. The Balaban J connectivity index is 1.32. The van der Waals surface area contributed by atoms with E-state index in [1.807, 2.05) is 20.8 Å². The lowest BCUT2D eigenvalue weighted by Gasteiger charge is -2.36. The van der Waals surface area contributed by atoms with Gasteiger partial charge in [0.2, 0.25) is 33.6 Å². The molecule has 6 rings (SSSR count). The van der Waals surface area contributed by atoms with Crippen LogP contribution in [0.3, 0.4) is 0 Å². The number of nitrogens with zero attached hydrogens (tertiary/aromatic N) is 2. The second-order valence-electron chi connectivity index (χ2n) is 14.9. The molecule has 282 valence electrons. The fourth-order valence-electron chi connectivity index (χ4n) is 6.69. The first-order valence-electron chi connectivity index (χ1n) is 17.2. The van der Waals surface area contributed by atoms with Crippen molar-refractivity contribution < 1.29 is 37.1 Å². The third kappa shape index (κ3) is 7.77. The van der Waals surface area contributed by atoms with Gasteiger partial charge in [0.05, 0.1) is 25.1 Å². The van der Waals surface area contributed by atoms with Crippen LogP contribution in [-0.2, 0) is 24.4 Å². The van der Waals surface area contributed by atoms with Crippen LogP contribution in [0.2, 0.25) is 5.02 Å². The van der Waals surface area contributed by atoms with Gasteiger partial charge in [0.1, 0.15) is 29.5 Å². The molecule has 14 nitrogen and oxygen atoms in total. The first-order chi connectivity index (χ1) is 25.0. The van der Waals surface area contributed by atoms with Crippen molar-refractivity contribution in [3.05, 3.63) is 71.9 Å². The molecule has 16 heteroatoms. The highest BCUT2D eigenvalue weighted by Gasteiger charge is 2.62. The number of methoxy groups -OCH3 is 1. The summed E-state index contributed by atoms with van der Waals surface area (Å²) >= 11 is 6.34. The van der Waals surface area contributed by atoms with Gasteiger partial charge in [0, 0.05) is 39.4 Å². The maximum atomic E-state index is 14.7. The summed E-state index contributed by atoms with van der Waals surface area (Å²) < 4.78 is 39.5. The molecule has 53 heavy (non-hydrogen) atoms. The zero-order chi connectivity index (χ0) is 38.5. The van der Waals surface area contributed by atoms with Crippen molar-refractivity contribution in [1.82, 2.24) is 19.9 Å². The summed E-state index contributed by atoms with van der Waals surface area (Å²) in [7, 11) is -2.38. The van der Waals surface area contributed by atoms with E-state index in [9.17, 15) is 27.6 Å². The van der Waals surface area contributed by atoms with E-state index in [0.29, 0.717) is 45.6 Å². The van der Waals surface area contributed by atoms with E-state index in [1.165, 1.54) is 24.3 Å². The number of amides is 4. The number of ether oxygens (including phenoxy) is 2. The average molecular weight is 767 g/mol. The van der Waals surface area contributed by atoms with Crippen molar-refractivity contribution in [1.29, 1.82) is 0 Å². The van der Waals surface area contributed by atoms with Crippen LogP contribution in [0.4, 0.5) is 5.69 Å². The highest BCUT2D eigenvalue weighted by Crippen LogP contribution is 2.46. The lowest BCUT2D eigenvalue weighted by atomic mass is 9.85. The van der Waals surface area contributed by atoms with Crippen molar-refractivity contribution in [3.8, 4) is 11.6 Å². The molecular weight excluding hydrogens is 724 g/mol. The van der Waals surface area contributed by atoms with Crippen molar-refractivity contribution in [2.45, 2.75) is 75.4 Å². The van der Waals surface area contributed by atoms with Crippen molar-refractivity contribution in [2.24, 2.45) is 17.1 Å². The molecule has 2 aliphatic carbocycles.